The number of allylic oxidation sites excluding steroid dienone is 2. The molecule has 1 fully saturated rings. The topological polar surface area (TPSA) is 59.1 Å². The number of hydrogen-bond donors (Lipinski definition) is 1. The average Bonchev–Trinajstić information content (AvgIpc) is 3.23. The van der Waals surface area contributed by atoms with Crippen molar-refractivity contribution >= 4 is 72.6 Å². The lowest BCUT2D eigenvalue weighted by Gasteiger charge is -1.95. The number of carbonyl (C=O) groups is 1. The minimum Gasteiger partial charge on any atom is -0.366 e. The second-order valence-corrected chi connectivity index (χ2v) is 8.33. The molecule has 27 heavy (non-hydrogen) atoms. The number of halogens is 5. The first-order valence-electron chi connectivity index (χ1n) is 7.75. The van der Waals surface area contributed by atoms with Gasteiger partial charge in [0, 0.05) is 15.7 Å². The highest BCUT2D eigenvalue weighted by Crippen LogP contribution is 2.35. The molecule has 4 nitrogen and oxygen atoms in total. The SMILES string of the molecule is CC(C)=CCBr.CC1(C)OC1CBr.ClCCl.O=C(OO)c1cccc(Cl)c1. The van der Waals surface area contributed by atoms with Crippen molar-refractivity contribution in [2.45, 2.75) is 39.4 Å². The summed E-state index contributed by atoms with van der Waals surface area (Å²) in [7, 11) is 0. The first-order valence-corrected chi connectivity index (χ1v) is 11.4. The Morgan fingerprint density at radius 3 is 2.07 bits per heavy atom. The highest BCUT2D eigenvalue weighted by atomic mass is 79.9. The fourth-order valence-electron chi connectivity index (χ4n) is 1.37. The molecule has 1 atom stereocenters. The molecule has 0 spiro atoms. The minimum absolute atomic E-state index is 0.170. The molecule has 9 heteroatoms. The summed E-state index contributed by atoms with van der Waals surface area (Å²) in [6.45, 7) is 8.36. The number of benzene rings is 1. The van der Waals surface area contributed by atoms with Gasteiger partial charge in [-0.15, -0.1) is 23.2 Å². The molecule has 1 aromatic carbocycles. The summed E-state index contributed by atoms with van der Waals surface area (Å²) in [6.07, 6.45) is 2.59. The summed E-state index contributed by atoms with van der Waals surface area (Å²) < 4.78 is 5.21. The summed E-state index contributed by atoms with van der Waals surface area (Å²) in [5.41, 5.74) is 1.76. The van der Waals surface area contributed by atoms with E-state index in [0.29, 0.717) is 11.1 Å². The van der Waals surface area contributed by atoms with Crippen molar-refractivity contribution in [2.75, 3.05) is 16.0 Å². The van der Waals surface area contributed by atoms with E-state index in [4.69, 9.17) is 44.8 Å². The van der Waals surface area contributed by atoms with Gasteiger partial charge in [-0.3, -0.25) is 4.89 Å². The number of carbonyl (C=O) groups excluding carboxylic acids is 1. The first kappa shape index (κ1) is 29.4. The van der Waals surface area contributed by atoms with Crippen LogP contribution < -0.4 is 0 Å². The normalized spacial score (nSPS) is 15.4. The maximum atomic E-state index is 10.6. The van der Waals surface area contributed by atoms with Gasteiger partial charge < -0.3 is 4.74 Å². The molecule has 0 saturated carbocycles. The highest BCUT2D eigenvalue weighted by molar-refractivity contribution is 9.09. The van der Waals surface area contributed by atoms with Gasteiger partial charge in [0.1, 0.15) is 0 Å². The Morgan fingerprint density at radius 2 is 1.85 bits per heavy atom. The Hall–Kier alpha value is 0.180. The van der Waals surface area contributed by atoms with Gasteiger partial charge in [0.15, 0.2) is 0 Å². The quantitative estimate of drug-likeness (QED) is 0.136. The number of ether oxygens (including phenoxy) is 1. The lowest BCUT2D eigenvalue weighted by molar-refractivity contribution is -0.182. The molecule has 0 bridgehead atoms. The lowest BCUT2D eigenvalue weighted by atomic mass is 10.2. The Labute approximate surface area is 193 Å². The number of epoxide rings is 1. The van der Waals surface area contributed by atoms with E-state index < -0.39 is 5.97 Å². The van der Waals surface area contributed by atoms with E-state index in [1.54, 1.807) is 12.1 Å². The largest absolute Gasteiger partial charge is 0.372 e. The van der Waals surface area contributed by atoms with Gasteiger partial charge >= 0.3 is 5.97 Å². The van der Waals surface area contributed by atoms with Gasteiger partial charge in [-0.05, 0) is 45.9 Å². The van der Waals surface area contributed by atoms with Crippen LogP contribution in [0.25, 0.3) is 0 Å². The summed E-state index contributed by atoms with van der Waals surface area (Å²) in [5.74, 6) is -0.813. The van der Waals surface area contributed by atoms with Gasteiger partial charge in [0.25, 0.3) is 0 Å². The van der Waals surface area contributed by atoms with Crippen LogP contribution >= 0.6 is 66.7 Å². The van der Waals surface area contributed by atoms with Crippen LogP contribution in [-0.2, 0) is 9.62 Å². The first-order chi connectivity index (χ1) is 12.6. The standard InChI is InChI=1S/C7H5ClO3.C5H9BrO.C5H9Br.CH2Cl2/c8-6-3-1-2-5(4-6)7(9)11-10;1-5(2)4(3-6)7-5;1-5(2)3-4-6;2-1-3/h1-4,10H;4H,3H2,1-2H3;3H,4H2,1-2H3;1H2. The zero-order valence-electron chi connectivity index (χ0n) is 15.6. The third kappa shape index (κ3) is 16.8. The van der Waals surface area contributed by atoms with E-state index in [0.717, 1.165) is 10.7 Å². The summed E-state index contributed by atoms with van der Waals surface area (Å²) in [4.78, 5) is 14.1. The van der Waals surface area contributed by atoms with Crippen molar-refractivity contribution in [3.8, 4) is 0 Å². The van der Waals surface area contributed by atoms with Crippen molar-refractivity contribution in [1.82, 2.24) is 0 Å². The Bertz CT molecular complexity index is 565. The Balaban J connectivity index is 0. The molecule has 0 aliphatic carbocycles. The highest BCUT2D eigenvalue weighted by Gasteiger charge is 2.46. The van der Waals surface area contributed by atoms with Crippen molar-refractivity contribution < 1.29 is 19.7 Å². The number of hydrogen-bond acceptors (Lipinski definition) is 4. The number of rotatable bonds is 3. The van der Waals surface area contributed by atoms with Crippen LogP contribution in [0.3, 0.4) is 0 Å². The van der Waals surface area contributed by atoms with E-state index >= 15 is 0 Å². The van der Waals surface area contributed by atoms with E-state index in [-0.39, 0.29) is 16.5 Å². The van der Waals surface area contributed by atoms with Gasteiger partial charge in [-0.25, -0.2) is 4.79 Å². The van der Waals surface area contributed by atoms with Crippen LogP contribution in [0.4, 0.5) is 0 Å². The Kier molecular flexibility index (Phi) is 18.6. The summed E-state index contributed by atoms with van der Waals surface area (Å²) in [5, 5.41) is 10.6. The zero-order valence-corrected chi connectivity index (χ0v) is 21.1. The maximum Gasteiger partial charge on any atom is 0.372 e. The van der Waals surface area contributed by atoms with E-state index in [1.807, 2.05) is 0 Å². The van der Waals surface area contributed by atoms with Crippen molar-refractivity contribution in [2.24, 2.45) is 0 Å². The van der Waals surface area contributed by atoms with Crippen molar-refractivity contribution in [1.29, 1.82) is 0 Å². The second-order valence-electron chi connectivity index (χ2n) is 5.79. The van der Waals surface area contributed by atoms with E-state index in [1.165, 1.54) is 17.7 Å². The predicted octanol–water partition coefficient (Wildman–Crippen LogP) is 7.30. The predicted molar refractivity (Wildman–Crippen MR) is 122 cm³/mol. The third-order valence-electron chi connectivity index (χ3n) is 2.93. The van der Waals surface area contributed by atoms with Crippen LogP contribution in [0.15, 0.2) is 35.9 Å². The second kappa shape index (κ2) is 17.1. The molecule has 1 saturated heterocycles. The minimum atomic E-state index is -0.813. The van der Waals surface area contributed by atoms with Crippen LogP contribution in [0.2, 0.25) is 5.02 Å². The molecule has 1 aliphatic heterocycles. The van der Waals surface area contributed by atoms with E-state index in [9.17, 15) is 4.79 Å². The van der Waals surface area contributed by atoms with E-state index in [2.05, 4.69) is 70.5 Å². The smallest absolute Gasteiger partial charge is 0.366 e. The van der Waals surface area contributed by atoms with Gasteiger partial charge in [0.05, 0.1) is 22.6 Å². The summed E-state index contributed by atoms with van der Waals surface area (Å²) >= 11 is 21.7. The average molecular weight is 572 g/mol. The molecule has 0 aromatic heterocycles. The zero-order chi connectivity index (χ0) is 21.5. The molecule has 0 radical (unpaired) electrons. The van der Waals surface area contributed by atoms with Gasteiger partial charge in [-0.2, -0.15) is 5.26 Å². The molecule has 1 heterocycles. The summed E-state index contributed by atoms with van der Waals surface area (Å²) in [6, 6.07) is 6.11. The Morgan fingerprint density at radius 1 is 1.33 bits per heavy atom. The molecular formula is C18H25Br2Cl3O4. The molecule has 156 valence electrons. The molecule has 1 aliphatic rings. The molecule has 1 unspecified atom stereocenters. The fourth-order valence-corrected chi connectivity index (χ4v) is 3.12. The maximum absolute atomic E-state index is 10.6. The third-order valence-corrected chi connectivity index (χ3v) is 4.08. The van der Waals surface area contributed by atoms with Crippen LogP contribution in [-0.4, -0.2) is 38.9 Å². The van der Waals surface area contributed by atoms with Crippen LogP contribution in [0, 0.1) is 0 Å². The lowest BCUT2D eigenvalue weighted by Crippen LogP contribution is -2.02. The molecular weight excluding hydrogens is 546 g/mol. The van der Waals surface area contributed by atoms with Gasteiger partial charge in [0.2, 0.25) is 0 Å². The molecule has 2 rings (SSSR count). The van der Waals surface area contributed by atoms with Gasteiger partial charge in [-0.1, -0.05) is 61.2 Å². The molecule has 1 N–H and O–H groups in total. The fraction of sp³-hybridized carbons (Fsp3) is 0.500. The van der Waals surface area contributed by atoms with Crippen molar-refractivity contribution in [3.05, 3.63) is 46.5 Å². The molecule has 1 aromatic rings. The number of alkyl halides is 4. The van der Waals surface area contributed by atoms with Crippen LogP contribution in [0.5, 0.6) is 0 Å². The van der Waals surface area contributed by atoms with Crippen molar-refractivity contribution in [3.63, 3.8) is 0 Å². The monoisotopic (exact) mass is 568 g/mol. The van der Waals surface area contributed by atoms with Crippen LogP contribution in [0.1, 0.15) is 38.1 Å². The molecule has 0 amide bonds.